The Kier molecular flexibility index (Phi) is 7.28. The highest BCUT2D eigenvalue weighted by Crippen LogP contribution is 2.65. The number of rotatable bonds is 7. The lowest BCUT2D eigenvalue weighted by molar-refractivity contribution is -0.0504. The summed E-state index contributed by atoms with van der Waals surface area (Å²) in [5.41, 5.74) is 10.5. The minimum Gasteiger partial charge on any atom is -0.264 e. The molecule has 2 aromatic heterocycles. The van der Waals surface area contributed by atoms with Gasteiger partial charge in [-0.3, -0.25) is 9.97 Å². The molecule has 4 heteroatoms. The Bertz CT molecular complexity index is 1690. The van der Waals surface area contributed by atoms with E-state index < -0.39 is 5.16 Å². The van der Waals surface area contributed by atoms with Gasteiger partial charge in [0.2, 0.25) is 0 Å². The van der Waals surface area contributed by atoms with E-state index in [0.29, 0.717) is 11.8 Å². The third kappa shape index (κ3) is 4.44. The van der Waals surface area contributed by atoms with Crippen molar-refractivity contribution >= 4 is 18.5 Å². The summed E-state index contributed by atoms with van der Waals surface area (Å²) in [5, 5.41) is -0.516. The summed E-state index contributed by atoms with van der Waals surface area (Å²) in [7, 11) is 6.59. The molecule has 4 aliphatic rings. The highest BCUT2D eigenvalue weighted by Gasteiger charge is 2.58. The van der Waals surface area contributed by atoms with Crippen LogP contribution in [-0.4, -0.2) is 16.1 Å². The minimum atomic E-state index is -0.516. The molecule has 4 aliphatic carbocycles. The van der Waals surface area contributed by atoms with Crippen molar-refractivity contribution in [3.8, 4) is 22.3 Å². The van der Waals surface area contributed by atoms with Gasteiger partial charge in [0.05, 0.1) is 5.16 Å². The van der Waals surface area contributed by atoms with Crippen molar-refractivity contribution in [3.05, 3.63) is 144 Å². The second-order valence-electron chi connectivity index (χ2n) is 13.5. The lowest BCUT2D eigenvalue weighted by atomic mass is 9.43. The van der Waals surface area contributed by atoms with Gasteiger partial charge in [0, 0.05) is 30.2 Å². The maximum Gasteiger partial charge on any atom is 0.0624 e. The Morgan fingerprint density at radius 3 is 1.59 bits per heavy atom. The van der Waals surface area contributed by atoms with E-state index in [2.05, 4.69) is 138 Å². The topological polar surface area (TPSA) is 25.8 Å². The van der Waals surface area contributed by atoms with Crippen LogP contribution in [0, 0.1) is 23.7 Å². The zero-order valence-corrected chi connectivity index (χ0v) is 27.5. The molecule has 0 N–H and O–H groups in total. The fourth-order valence-corrected chi connectivity index (χ4v) is 11.1. The van der Waals surface area contributed by atoms with E-state index in [4.69, 9.17) is 0 Å². The van der Waals surface area contributed by atoms with Gasteiger partial charge in [-0.15, -0.1) is 18.5 Å². The van der Waals surface area contributed by atoms with Crippen molar-refractivity contribution in [1.82, 2.24) is 9.97 Å². The second kappa shape index (κ2) is 11.3. The molecule has 44 heavy (non-hydrogen) atoms. The molecule has 5 aromatic rings. The van der Waals surface area contributed by atoms with E-state index in [1.807, 2.05) is 12.4 Å². The van der Waals surface area contributed by atoms with Crippen molar-refractivity contribution in [1.29, 1.82) is 0 Å². The first kappa shape index (κ1) is 28.3. The largest absolute Gasteiger partial charge is 0.264 e. The van der Waals surface area contributed by atoms with Crippen LogP contribution >= 0.6 is 18.5 Å². The Hall–Kier alpha value is -3.18. The van der Waals surface area contributed by atoms with E-state index in [9.17, 15) is 0 Å². The van der Waals surface area contributed by atoms with Crippen LogP contribution < -0.4 is 0 Å². The molecule has 2 atom stereocenters. The van der Waals surface area contributed by atoms with Crippen LogP contribution in [0.1, 0.15) is 54.4 Å². The summed E-state index contributed by atoms with van der Waals surface area (Å²) in [5.74, 6) is 3.22. The number of pyridine rings is 2. The van der Waals surface area contributed by atoms with Crippen molar-refractivity contribution < 1.29 is 0 Å². The summed E-state index contributed by atoms with van der Waals surface area (Å²) < 4.78 is 0. The van der Waals surface area contributed by atoms with Crippen LogP contribution in [0.5, 0.6) is 0 Å². The summed E-state index contributed by atoms with van der Waals surface area (Å²) in [6, 6.07) is 35.8. The van der Waals surface area contributed by atoms with E-state index in [1.54, 1.807) is 0 Å². The van der Waals surface area contributed by atoms with Crippen LogP contribution in [-0.2, 0) is 10.6 Å². The number of hydrogen-bond donors (Lipinski definition) is 0. The predicted octanol–water partition coefficient (Wildman–Crippen LogP) is 9.55. The lowest BCUT2D eigenvalue weighted by Crippen LogP contribution is -2.57. The van der Waals surface area contributed by atoms with Gasteiger partial charge < -0.3 is 0 Å². The van der Waals surface area contributed by atoms with Crippen LogP contribution in [0.15, 0.2) is 122 Å². The molecule has 3 aromatic carbocycles. The molecule has 0 aliphatic heterocycles. The molecular formula is C40H40N2P2. The van der Waals surface area contributed by atoms with Gasteiger partial charge in [-0.05, 0) is 131 Å². The standard InChI is InChI=1S/C40H40N2P2/c43-26-39(33-18-27-17-28(20-33)21-34(39)19-27)37-22-35(29-9-3-1-4-10-29)36(30-11-5-2-6-12-30)23-38(37)40(44,31-13-7-15-41-24-31)32-14-8-16-42-25-32/h1-16,22-25,27-28,33-34H,17-21,26,43-44H2. The smallest absolute Gasteiger partial charge is 0.0624 e. The Balaban J connectivity index is 1.49. The summed E-state index contributed by atoms with van der Waals surface area (Å²) in [6.45, 7) is 0. The first-order valence-electron chi connectivity index (χ1n) is 16.2. The molecule has 0 spiro atoms. The van der Waals surface area contributed by atoms with Gasteiger partial charge in [-0.2, -0.15) is 0 Å². The Labute approximate surface area is 266 Å². The maximum absolute atomic E-state index is 4.66. The third-order valence-corrected chi connectivity index (χ3v) is 13.1. The summed E-state index contributed by atoms with van der Waals surface area (Å²) >= 11 is 0. The average Bonchev–Trinajstić information content (AvgIpc) is 3.09. The van der Waals surface area contributed by atoms with E-state index >= 15 is 0 Å². The van der Waals surface area contributed by atoms with Gasteiger partial charge in [-0.1, -0.05) is 72.8 Å². The van der Waals surface area contributed by atoms with Gasteiger partial charge in [0.15, 0.2) is 0 Å². The molecule has 9 rings (SSSR count). The molecule has 0 saturated heterocycles. The fraction of sp³-hybridized carbons (Fsp3) is 0.300. The molecule has 2 unspecified atom stereocenters. The van der Waals surface area contributed by atoms with Crippen LogP contribution in [0.25, 0.3) is 22.3 Å². The number of aromatic nitrogens is 2. The predicted molar refractivity (Wildman–Crippen MR) is 189 cm³/mol. The molecule has 4 bridgehead atoms. The normalized spacial score (nSPS) is 25.7. The van der Waals surface area contributed by atoms with Gasteiger partial charge >= 0.3 is 0 Å². The quantitative estimate of drug-likeness (QED) is 0.172. The molecule has 4 saturated carbocycles. The fourth-order valence-electron chi connectivity index (χ4n) is 9.60. The molecule has 0 radical (unpaired) electrons. The molecule has 2 nitrogen and oxygen atoms in total. The highest BCUT2D eigenvalue weighted by atomic mass is 31.0. The van der Waals surface area contributed by atoms with Crippen molar-refractivity contribution in [2.75, 3.05) is 6.16 Å². The summed E-state index contributed by atoms with van der Waals surface area (Å²) in [6.07, 6.45) is 15.9. The highest BCUT2D eigenvalue weighted by molar-refractivity contribution is 7.19. The van der Waals surface area contributed by atoms with Crippen molar-refractivity contribution in [3.63, 3.8) is 0 Å². The van der Waals surface area contributed by atoms with Gasteiger partial charge in [-0.25, -0.2) is 0 Å². The van der Waals surface area contributed by atoms with Crippen molar-refractivity contribution in [2.45, 2.75) is 42.7 Å². The molecule has 2 heterocycles. The van der Waals surface area contributed by atoms with E-state index in [-0.39, 0.29) is 5.41 Å². The first-order valence-corrected chi connectivity index (χ1v) is 17.6. The second-order valence-corrected chi connectivity index (χ2v) is 14.8. The minimum absolute atomic E-state index is 0.110. The SMILES string of the molecule is PCC1(c2cc(-c3ccccc3)c(-c3ccccc3)cc2C(P)(c2cccnc2)c2cccnc2)C2CC3CC(C2)CC1C3. The number of benzene rings is 3. The molecule has 0 amide bonds. The van der Waals surface area contributed by atoms with Crippen LogP contribution in [0.4, 0.5) is 0 Å². The Morgan fingerprint density at radius 2 is 1.14 bits per heavy atom. The van der Waals surface area contributed by atoms with Crippen LogP contribution in [0.2, 0.25) is 0 Å². The third-order valence-electron chi connectivity index (χ3n) is 11.4. The average molecular weight is 611 g/mol. The zero-order valence-electron chi connectivity index (χ0n) is 25.1. The number of hydrogen-bond acceptors (Lipinski definition) is 2. The molecule has 4 fully saturated rings. The van der Waals surface area contributed by atoms with Gasteiger partial charge in [0.1, 0.15) is 0 Å². The molecular weight excluding hydrogens is 570 g/mol. The first-order chi connectivity index (χ1) is 21.6. The van der Waals surface area contributed by atoms with Crippen LogP contribution in [0.3, 0.4) is 0 Å². The number of nitrogens with zero attached hydrogens (tertiary/aromatic N) is 2. The summed E-state index contributed by atoms with van der Waals surface area (Å²) in [4.78, 5) is 9.32. The van der Waals surface area contributed by atoms with E-state index in [1.165, 1.54) is 76.6 Å². The van der Waals surface area contributed by atoms with E-state index in [0.717, 1.165) is 18.0 Å². The Morgan fingerprint density at radius 1 is 0.636 bits per heavy atom. The lowest BCUT2D eigenvalue weighted by Gasteiger charge is -2.62. The molecule has 220 valence electrons. The van der Waals surface area contributed by atoms with Crippen molar-refractivity contribution in [2.24, 2.45) is 23.7 Å². The monoisotopic (exact) mass is 610 g/mol. The van der Waals surface area contributed by atoms with Gasteiger partial charge in [0.25, 0.3) is 0 Å². The maximum atomic E-state index is 4.66. The zero-order chi connectivity index (χ0) is 29.7.